The first-order valence-electron chi connectivity index (χ1n) is 10.5. The molecule has 4 rings (SSSR count). The molecule has 170 valence electrons. The van der Waals surface area contributed by atoms with Gasteiger partial charge in [0.05, 0.1) is 18.2 Å². The number of amides is 1. The molecule has 2 aromatic carbocycles. The van der Waals surface area contributed by atoms with Crippen LogP contribution in [0.1, 0.15) is 30.9 Å². The van der Waals surface area contributed by atoms with Gasteiger partial charge in [0.2, 0.25) is 5.91 Å². The number of aliphatic carboxylic acids is 1. The summed E-state index contributed by atoms with van der Waals surface area (Å²) >= 11 is 6.00. The van der Waals surface area contributed by atoms with Crippen molar-refractivity contribution in [2.24, 2.45) is 0 Å². The molecule has 4 aromatic rings. The molecule has 2 aromatic heterocycles. The second-order valence-corrected chi connectivity index (χ2v) is 8.35. The highest BCUT2D eigenvalue weighted by Gasteiger charge is 2.22. The third-order valence-electron chi connectivity index (χ3n) is 5.68. The maximum absolute atomic E-state index is 12.6. The average molecular weight is 468 g/mol. The van der Waals surface area contributed by atoms with Crippen molar-refractivity contribution in [3.05, 3.63) is 69.2 Å². The zero-order valence-corrected chi connectivity index (χ0v) is 18.9. The van der Waals surface area contributed by atoms with Crippen LogP contribution in [0.25, 0.3) is 33.1 Å². The summed E-state index contributed by atoms with van der Waals surface area (Å²) in [5.41, 5.74) is 2.84. The van der Waals surface area contributed by atoms with Crippen LogP contribution >= 0.6 is 11.6 Å². The van der Waals surface area contributed by atoms with Gasteiger partial charge in [-0.3, -0.25) is 4.79 Å². The lowest BCUT2D eigenvalue weighted by molar-refractivity contribution is -0.141. The number of aryl methyl sites for hydroxylation is 1. The van der Waals surface area contributed by atoms with Gasteiger partial charge in [0.15, 0.2) is 0 Å². The van der Waals surface area contributed by atoms with Crippen LogP contribution in [0.15, 0.2) is 56.3 Å². The van der Waals surface area contributed by atoms with Crippen LogP contribution in [-0.4, -0.2) is 23.0 Å². The molecule has 8 heteroatoms. The van der Waals surface area contributed by atoms with E-state index in [-0.39, 0.29) is 12.0 Å². The zero-order valence-electron chi connectivity index (χ0n) is 18.1. The van der Waals surface area contributed by atoms with E-state index in [0.717, 1.165) is 16.5 Å². The van der Waals surface area contributed by atoms with Gasteiger partial charge in [0.25, 0.3) is 0 Å². The van der Waals surface area contributed by atoms with Crippen LogP contribution in [-0.2, 0) is 16.0 Å². The monoisotopic (exact) mass is 467 g/mol. The van der Waals surface area contributed by atoms with Gasteiger partial charge in [-0.25, -0.2) is 9.59 Å². The number of rotatable bonds is 7. The molecule has 2 heterocycles. The predicted molar refractivity (Wildman–Crippen MR) is 126 cm³/mol. The molecule has 0 saturated heterocycles. The highest BCUT2D eigenvalue weighted by atomic mass is 35.5. The van der Waals surface area contributed by atoms with Crippen molar-refractivity contribution in [3.63, 3.8) is 0 Å². The Labute approximate surface area is 194 Å². The first-order chi connectivity index (χ1) is 15.8. The Kier molecular flexibility index (Phi) is 6.24. The summed E-state index contributed by atoms with van der Waals surface area (Å²) < 4.78 is 11.2. The highest BCUT2D eigenvalue weighted by Crippen LogP contribution is 2.35. The van der Waals surface area contributed by atoms with E-state index in [1.807, 2.05) is 25.1 Å². The Bertz CT molecular complexity index is 1420. The summed E-state index contributed by atoms with van der Waals surface area (Å²) in [6.07, 6.45) is 2.27. The van der Waals surface area contributed by atoms with Crippen LogP contribution in [0.2, 0.25) is 5.02 Å². The number of hydrogen-bond donors (Lipinski definition) is 2. The van der Waals surface area contributed by atoms with Crippen LogP contribution in [0.5, 0.6) is 0 Å². The van der Waals surface area contributed by atoms with Crippen molar-refractivity contribution in [2.45, 2.75) is 39.2 Å². The maximum atomic E-state index is 12.6. The molecule has 1 amide bonds. The van der Waals surface area contributed by atoms with E-state index in [2.05, 4.69) is 5.32 Å². The number of carbonyl (C=O) groups excluding carboxylic acids is 1. The van der Waals surface area contributed by atoms with E-state index in [1.165, 1.54) is 0 Å². The number of carboxylic acids is 1. The largest absolute Gasteiger partial charge is 0.480 e. The summed E-state index contributed by atoms with van der Waals surface area (Å²) in [4.78, 5) is 36.5. The van der Waals surface area contributed by atoms with E-state index < -0.39 is 23.5 Å². The maximum Gasteiger partial charge on any atom is 0.340 e. The SMILES string of the molecule is CCC[C@@H](NC(=O)Cc1c(C)c2cc3c(-c4ccc(Cl)cc4)coc3cc2oc1=O)C(=O)O. The quantitative estimate of drug-likeness (QED) is 0.367. The molecule has 0 saturated carbocycles. The number of halogens is 1. The molecule has 33 heavy (non-hydrogen) atoms. The van der Waals surface area contributed by atoms with Crippen molar-refractivity contribution in [3.8, 4) is 11.1 Å². The van der Waals surface area contributed by atoms with Crippen molar-refractivity contribution < 1.29 is 23.5 Å². The Hall–Kier alpha value is -3.58. The molecule has 0 radical (unpaired) electrons. The molecule has 2 N–H and O–H groups in total. The lowest BCUT2D eigenvalue weighted by atomic mass is 9.99. The second kappa shape index (κ2) is 9.11. The van der Waals surface area contributed by atoms with E-state index >= 15 is 0 Å². The van der Waals surface area contributed by atoms with Crippen molar-refractivity contribution in [1.29, 1.82) is 0 Å². The molecule has 0 fully saturated rings. The van der Waals surface area contributed by atoms with Gasteiger partial charge in [0, 0.05) is 27.4 Å². The molecule has 7 nitrogen and oxygen atoms in total. The van der Waals surface area contributed by atoms with Gasteiger partial charge in [-0.05, 0) is 42.7 Å². The summed E-state index contributed by atoms with van der Waals surface area (Å²) in [6, 6.07) is 9.89. The van der Waals surface area contributed by atoms with Gasteiger partial charge < -0.3 is 19.3 Å². The zero-order chi connectivity index (χ0) is 23.7. The fourth-order valence-electron chi connectivity index (χ4n) is 3.92. The van der Waals surface area contributed by atoms with Gasteiger partial charge >= 0.3 is 11.6 Å². The summed E-state index contributed by atoms with van der Waals surface area (Å²) in [5.74, 6) is -1.65. The molecular weight excluding hydrogens is 446 g/mol. The third kappa shape index (κ3) is 4.50. The Morgan fingerprint density at radius 2 is 1.85 bits per heavy atom. The predicted octanol–water partition coefficient (Wildman–Crippen LogP) is 5.08. The lowest BCUT2D eigenvalue weighted by Crippen LogP contribution is -2.41. The van der Waals surface area contributed by atoms with Gasteiger partial charge in [-0.1, -0.05) is 37.1 Å². The molecule has 0 aliphatic carbocycles. The second-order valence-electron chi connectivity index (χ2n) is 7.92. The summed E-state index contributed by atoms with van der Waals surface area (Å²) in [6.45, 7) is 3.58. The Balaban J connectivity index is 1.74. The first-order valence-corrected chi connectivity index (χ1v) is 10.9. The highest BCUT2D eigenvalue weighted by molar-refractivity contribution is 6.30. The molecule has 0 aliphatic rings. The van der Waals surface area contributed by atoms with E-state index in [4.69, 9.17) is 20.4 Å². The average Bonchev–Trinajstić information content (AvgIpc) is 3.18. The number of benzene rings is 2. The smallest absolute Gasteiger partial charge is 0.340 e. The molecule has 1 atom stereocenters. The molecular formula is C25H22ClNO6. The van der Waals surface area contributed by atoms with Crippen LogP contribution in [0.4, 0.5) is 0 Å². The molecule has 0 bridgehead atoms. The fraction of sp³-hybridized carbons (Fsp3) is 0.240. The molecule has 0 spiro atoms. The number of nitrogens with one attached hydrogen (secondary N) is 1. The topological polar surface area (TPSA) is 110 Å². The van der Waals surface area contributed by atoms with Crippen molar-refractivity contribution in [1.82, 2.24) is 5.32 Å². The van der Waals surface area contributed by atoms with Crippen LogP contribution in [0.3, 0.4) is 0 Å². The number of carboxylic acid groups (broad SMARTS) is 1. The fourth-order valence-corrected chi connectivity index (χ4v) is 4.05. The number of hydrogen-bond acceptors (Lipinski definition) is 5. The number of furan rings is 1. The minimum absolute atomic E-state index is 0.191. The standard InChI is InChI=1S/C25H22ClNO6/c1-3-4-20(24(29)30)27-23(28)10-17-13(2)16-9-18-19(14-5-7-15(26)8-6-14)12-32-21(18)11-22(16)33-25(17)31/h5-9,11-12,20H,3-4,10H2,1-2H3,(H,27,28)(H,29,30)/t20-/m1/s1. The van der Waals surface area contributed by atoms with Gasteiger partial charge in [-0.2, -0.15) is 0 Å². The molecule has 0 aliphatic heterocycles. The van der Waals surface area contributed by atoms with E-state index in [1.54, 1.807) is 31.4 Å². The third-order valence-corrected chi connectivity index (χ3v) is 5.94. The molecule has 0 unspecified atom stereocenters. The Morgan fingerprint density at radius 1 is 1.12 bits per heavy atom. The minimum atomic E-state index is -1.11. The lowest BCUT2D eigenvalue weighted by Gasteiger charge is -2.14. The van der Waals surface area contributed by atoms with Gasteiger partial charge in [-0.15, -0.1) is 0 Å². The summed E-state index contributed by atoms with van der Waals surface area (Å²) in [7, 11) is 0. The number of carbonyl (C=O) groups is 2. The van der Waals surface area contributed by atoms with Crippen LogP contribution in [0, 0.1) is 6.92 Å². The summed E-state index contributed by atoms with van der Waals surface area (Å²) in [5, 5.41) is 13.9. The van der Waals surface area contributed by atoms with Gasteiger partial charge in [0.1, 0.15) is 17.2 Å². The van der Waals surface area contributed by atoms with Crippen LogP contribution < -0.4 is 10.9 Å². The first kappa shape index (κ1) is 22.6. The van der Waals surface area contributed by atoms with Crippen molar-refractivity contribution in [2.75, 3.05) is 0 Å². The number of fused-ring (bicyclic) bond motifs is 2. The normalized spacial score (nSPS) is 12.2. The van der Waals surface area contributed by atoms with Crippen molar-refractivity contribution >= 4 is 45.4 Å². The van der Waals surface area contributed by atoms with E-state index in [9.17, 15) is 19.5 Å². The van der Waals surface area contributed by atoms with E-state index in [0.29, 0.717) is 40.0 Å². The Morgan fingerprint density at radius 3 is 2.52 bits per heavy atom. The minimum Gasteiger partial charge on any atom is -0.480 e.